The van der Waals surface area contributed by atoms with E-state index in [1.807, 2.05) is 30.3 Å². The fourth-order valence-electron chi connectivity index (χ4n) is 11.8. The van der Waals surface area contributed by atoms with Gasteiger partial charge >= 0.3 is 0 Å². The number of nitriles is 2. The van der Waals surface area contributed by atoms with Crippen molar-refractivity contribution in [2.24, 2.45) is 0 Å². The maximum Gasteiger partial charge on any atom is 0.137 e. The third kappa shape index (κ3) is 4.82. The van der Waals surface area contributed by atoms with E-state index in [1.165, 1.54) is 0 Å². The number of rotatable bonds is 4. The Kier molecular flexibility index (Phi) is 7.51. The highest BCUT2D eigenvalue weighted by Gasteiger charge is 2.35. The van der Waals surface area contributed by atoms with Gasteiger partial charge in [0.2, 0.25) is 0 Å². The zero-order valence-electron chi connectivity index (χ0n) is 36.7. The first-order valence-electron chi connectivity index (χ1n) is 23.1. The number of aromatic nitrogens is 4. The summed E-state index contributed by atoms with van der Waals surface area (Å²) in [4.78, 5) is 0. The van der Waals surface area contributed by atoms with E-state index >= 15 is 0 Å². The zero-order chi connectivity index (χ0) is 45.5. The first-order valence-corrected chi connectivity index (χ1v) is 23.1. The van der Waals surface area contributed by atoms with E-state index in [0.717, 1.165) is 109 Å². The van der Waals surface area contributed by atoms with Crippen molar-refractivity contribution in [1.29, 1.82) is 10.5 Å². The van der Waals surface area contributed by atoms with Gasteiger partial charge < -0.3 is 22.7 Å². The van der Waals surface area contributed by atoms with Crippen LogP contribution >= 0.6 is 0 Å². The van der Waals surface area contributed by atoms with Crippen molar-refractivity contribution in [3.05, 3.63) is 217 Å². The van der Waals surface area contributed by atoms with Crippen LogP contribution in [0.3, 0.4) is 0 Å². The van der Waals surface area contributed by atoms with Gasteiger partial charge in [0.1, 0.15) is 34.4 Å². The predicted octanol–water partition coefficient (Wildman–Crippen LogP) is 15.7. The van der Waals surface area contributed by atoms with Crippen LogP contribution in [0.5, 0.6) is 0 Å². The maximum absolute atomic E-state index is 12.4. The first-order chi connectivity index (χ1) is 34.2. The van der Waals surface area contributed by atoms with Crippen molar-refractivity contribution >= 4 is 109 Å². The second-order valence-electron chi connectivity index (χ2n) is 17.8. The van der Waals surface area contributed by atoms with Gasteiger partial charge in [-0.2, -0.15) is 10.5 Å². The van der Waals surface area contributed by atoms with Gasteiger partial charge in [-0.15, -0.1) is 0 Å². The van der Waals surface area contributed by atoms with E-state index in [9.17, 15) is 10.5 Å². The van der Waals surface area contributed by atoms with Crippen LogP contribution in [0.4, 0.5) is 0 Å². The highest BCUT2D eigenvalue weighted by Crippen LogP contribution is 2.50. The number of para-hydroxylation sites is 8. The Balaban J connectivity index is 1.30. The minimum Gasteiger partial charge on any atom is -0.456 e. The van der Waals surface area contributed by atoms with Crippen molar-refractivity contribution in [3.63, 3.8) is 0 Å². The molecule has 0 spiro atoms. The van der Waals surface area contributed by atoms with Crippen molar-refractivity contribution in [1.82, 2.24) is 18.3 Å². The molecule has 0 atom stereocenters. The van der Waals surface area contributed by atoms with Crippen LogP contribution in [-0.4, -0.2) is 18.3 Å². The molecule has 0 aliphatic carbocycles. The van der Waals surface area contributed by atoms with Gasteiger partial charge in [0.15, 0.2) is 0 Å². The topological polar surface area (TPSA) is 80.4 Å². The Morgan fingerprint density at radius 1 is 0.275 bits per heavy atom. The molecule has 5 aromatic heterocycles. The monoisotopic (exact) mass is 878 g/mol. The van der Waals surface area contributed by atoms with Gasteiger partial charge in [-0.05, 0) is 60.7 Å². The lowest BCUT2D eigenvalue weighted by Crippen LogP contribution is -2.17. The number of nitrogens with zero attached hydrogens (tertiary/aromatic N) is 6. The number of fused-ring (bicyclic) bond motifs is 16. The van der Waals surface area contributed by atoms with E-state index in [2.05, 4.69) is 206 Å². The molecule has 0 amide bonds. The Morgan fingerprint density at radius 3 is 0.986 bits per heavy atom. The number of furan rings is 1. The van der Waals surface area contributed by atoms with Crippen LogP contribution in [0.1, 0.15) is 11.1 Å². The summed E-state index contributed by atoms with van der Waals surface area (Å²) in [6, 6.07) is 77.0. The Hall–Kier alpha value is -9.82. The predicted molar refractivity (Wildman–Crippen MR) is 281 cm³/mol. The summed E-state index contributed by atoms with van der Waals surface area (Å²) in [7, 11) is 0. The molecule has 318 valence electrons. The van der Waals surface area contributed by atoms with E-state index in [-0.39, 0.29) is 0 Å². The molecule has 0 aliphatic heterocycles. The van der Waals surface area contributed by atoms with Gasteiger partial charge in [0.05, 0.1) is 72.3 Å². The van der Waals surface area contributed by atoms with E-state index in [0.29, 0.717) is 33.9 Å². The molecule has 0 aliphatic rings. The Labute approximate surface area is 392 Å². The highest BCUT2D eigenvalue weighted by atomic mass is 16.3. The average Bonchev–Trinajstić information content (AvgIpc) is 4.21. The quantitative estimate of drug-likeness (QED) is 0.177. The van der Waals surface area contributed by atoms with Crippen LogP contribution in [0, 0.1) is 22.7 Å². The summed E-state index contributed by atoms with van der Waals surface area (Å²) in [5.74, 6) is 0. The molecule has 0 unspecified atom stereocenters. The second-order valence-corrected chi connectivity index (χ2v) is 17.8. The average molecular weight is 879 g/mol. The lowest BCUT2D eigenvalue weighted by atomic mass is 9.98. The lowest BCUT2D eigenvalue weighted by molar-refractivity contribution is 0.669. The minimum absolute atomic E-state index is 0.354. The summed E-state index contributed by atoms with van der Waals surface area (Å²) in [5, 5.41) is 35.1. The molecule has 7 heteroatoms. The molecule has 69 heavy (non-hydrogen) atoms. The number of hydrogen-bond donors (Lipinski definition) is 0. The van der Waals surface area contributed by atoms with Crippen molar-refractivity contribution in [2.75, 3.05) is 0 Å². The fraction of sp³-hybridized carbons (Fsp3) is 0. The van der Waals surface area contributed by atoms with E-state index < -0.39 is 0 Å². The standard InChI is InChI=1S/C62H34N6O/c63-35-46-58(68-54-31-15-7-23-43(54)44-33-34-56-57(59(44)68)45-24-8-16-32-55(45)69-56)47(36-64)61(66-50-27-11-3-19-39(50)40-20-4-12-28-51(40)66)62(67-52-29-13-5-21-41(52)42-22-6-14-30-53(42)67)60(46)65-48-25-9-1-17-37(48)38-18-2-10-26-49(38)65/h1-34H. The molecule has 0 saturated carbocycles. The molecule has 0 fully saturated rings. The van der Waals surface area contributed by atoms with E-state index in [1.54, 1.807) is 0 Å². The van der Waals surface area contributed by atoms with E-state index in [4.69, 9.17) is 4.42 Å². The Morgan fingerprint density at radius 2 is 0.594 bits per heavy atom. The molecule has 15 rings (SSSR count). The van der Waals surface area contributed by atoms with Crippen LogP contribution < -0.4 is 0 Å². The van der Waals surface area contributed by atoms with Gasteiger partial charge in [0, 0.05) is 48.5 Å². The third-order valence-electron chi connectivity index (χ3n) is 14.4. The summed E-state index contributed by atoms with van der Waals surface area (Å²) in [6.07, 6.45) is 0. The van der Waals surface area contributed by atoms with Crippen LogP contribution in [0.2, 0.25) is 0 Å². The summed E-state index contributed by atoms with van der Waals surface area (Å²) >= 11 is 0. The van der Waals surface area contributed by atoms with Crippen molar-refractivity contribution in [2.45, 2.75) is 0 Å². The summed E-state index contributed by atoms with van der Waals surface area (Å²) in [5.41, 5.74) is 12.1. The SMILES string of the molecule is N#Cc1c(-n2c3ccccc3c3ccccc32)c(-n2c3ccccc3c3ccccc32)c(-n2c3ccccc3c3ccccc32)c(C#N)c1-n1c2ccccc2c2ccc3oc4ccccc4c3c21. The smallest absolute Gasteiger partial charge is 0.137 e. The van der Waals surface area contributed by atoms with Gasteiger partial charge in [0.25, 0.3) is 0 Å². The molecule has 10 aromatic carbocycles. The minimum atomic E-state index is 0.354. The molecule has 5 heterocycles. The molecule has 0 N–H and O–H groups in total. The molecule has 0 radical (unpaired) electrons. The second kappa shape index (κ2) is 13.9. The van der Waals surface area contributed by atoms with Crippen molar-refractivity contribution in [3.8, 4) is 34.9 Å². The summed E-state index contributed by atoms with van der Waals surface area (Å²) in [6.45, 7) is 0. The highest BCUT2D eigenvalue weighted by molar-refractivity contribution is 6.25. The molecule has 0 saturated heterocycles. The number of hydrogen-bond acceptors (Lipinski definition) is 3. The van der Waals surface area contributed by atoms with Gasteiger partial charge in [-0.25, -0.2) is 0 Å². The molecular formula is C62H34N6O. The van der Waals surface area contributed by atoms with Crippen LogP contribution in [0.15, 0.2) is 211 Å². The van der Waals surface area contributed by atoms with Crippen LogP contribution in [0.25, 0.3) is 132 Å². The molecular weight excluding hydrogens is 845 g/mol. The van der Waals surface area contributed by atoms with Gasteiger partial charge in [-0.1, -0.05) is 146 Å². The number of benzene rings is 10. The maximum atomic E-state index is 12.4. The van der Waals surface area contributed by atoms with Crippen LogP contribution in [-0.2, 0) is 0 Å². The molecule has 7 nitrogen and oxygen atoms in total. The zero-order valence-corrected chi connectivity index (χ0v) is 36.7. The fourth-order valence-corrected chi connectivity index (χ4v) is 11.8. The Bertz CT molecular complexity index is 4510. The molecule has 15 aromatic rings. The lowest BCUT2D eigenvalue weighted by Gasteiger charge is -2.27. The van der Waals surface area contributed by atoms with Crippen molar-refractivity contribution < 1.29 is 4.42 Å². The molecule has 0 bridgehead atoms. The van der Waals surface area contributed by atoms with Gasteiger partial charge in [-0.3, -0.25) is 0 Å². The summed E-state index contributed by atoms with van der Waals surface area (Å²) < 4.78 is 15.7. The normalized spacial score (nSPS) is 12.0. The largest absolute Gasteiger partial charge is 0.456 e. The first kappa shape index (κ1) is 37.4. The third-order valence-corrected chi connectivity index (χ3v) is 14.4.